The van der Waals surface area contributed by atoms with E-state index in [0.717, 1.165) is 29.9 Å². The Morgan fingerprint density at radius 1 is 1.14 bits per heavy atom. The van der Waals surface area contributed by atoms with Crippen LogP contribution in [0.15, 0.2) is 58.1 Å². The molecule has 0 unspecified atom stereocenters. The molecule has 0 saturated heterocycles. The Morgan fingerprint density at radius 3 is 2.61 bits per heavy atom. The second-order valence-corrected chi connectivity index (χ2v) is 7.98. The van der Waals surface area contributed by atoms with E-state index in [-0.39, 0.29) is 12.3 Å². The lowest BCUT2D eigenvalue weighted by atomic mass is 10.0. The monoisotopic (exact) mass is 552 g/mol. The van der Waals surface area contributed by atoms with E-state index in [0.29, 0.717) is 11.5 Å². The van der Waals surface area contributed by atoms with E-state index in [1.807, 2.05) is 42.5 Å². The van der Waals surface area contributed by atoms with E-state index in [1.54, 1.807) is 26.5 Å². The quantitative estimate of drug-likeness (QED) is 0.268. The third kappa shape index (κ3) is 4.64. The van der Waals surface area contributed by atoms with Crippen molar-refractivity contribution in [3.63, 3.8) is 0 Å². The summed E-state index contributed by atoms with van der Waals surface area (Å²) in [7, 11) is 3.18. The first kappa shape index (κ1) is 20.6. The topological polar surface area (TPSA) is 59.9 Å². The van der Waals surface area contributed by atoms with Gasteiger partial charge in [-0.05, 0) is 62.7 Å². The summed E-state index contributed by atoms with van der Waals surface area (Å²) < 4.78 is 12.6. The average Bonchev–Trinajstić information content (AvgIpc) is 2.70. The molecule has 3 rings (SSSR count). The largest absolute Gasteiger partial charge is 0.493 e. The second kappa shape index (κ2) is 9.38. The zero-order valence-electron chi connectivity index (χ0n) is 15.3. The summed E-state index contributed by atoms with van der Waals surface area (Å²) in [4.78, 5) is 12.3. The molecule has 0 spiro atoms. The zero-order chi connectivity index (χ0) is 20.1. The summed E-state index contributed by atoms with van der Waals surface area (Å²) in [5, 5.41) is 6.20. The Labute approximate surface area is 185 Å². The van der Waals surface area contributed by atoms with Crippen LogP contribution in [0.2, 0.25) is 0 Å². The Bertz CT molecular complexity index is 1050. The number of nitrogens with zero attached hydrogens (tertiary/aromatic N) is 1. The number of methoxy groups -OCH3 is 2. The molecule has 0 aliphatic rings. The minimum Gasteiger partial charge on any atom is -0.493 e. The van der Waals surface area contributed by atoms with Crippen molar-refractivity contribution in [1.29, 1.82) is 0 Å². The number of nitrogens with one attached hydrogen (secondary N) is 1. The third-order valence-electron chi connectivity index (χ3n) is 4.17. The molecule has 3 aromatic carbocycles. The molecule has 0 heterocycles. The van der Waals surface area contributed by atoms with Crippen molar-refractivity contribution >= 4 is 61.4 Å². The summed E-state index contributed by atoms with van der Waals surface area (Å²) in [6, 6.07) is 15.6. The van der Waals surface area contributed by atoms with Gasteiger partial charge in [0.05, 0.1) is 30.4 Å². The first-order chi connectivity index (χ1) is 13.5. The fraction of sp³-hybridized carbons (Fsp3) is 0.143. The molecule has 0 aliphatic heterocycles. The molecule has 0 aromatic heterocycles. The molecule has 1 N–H and O–H groups in total. The predicted molar refractivity (Wildman–Crippen MR) is 123 cm³/mol. The highest BCUT2D eigenvalue weighted by molar-refractivity contribution is 14.1. The number of benzene rings is 3. The van der Waals surface area contributed by atoms with Crippen LogP contribution >= 0.6 is 38.5 Å². The van der Waals surface area contributed by atoms with Crippen molar-refractivity contribution in [2.24, 2.45) is 5.10 Å². The lowest BCUT2D eigenvalue weighted by Gasteiger charge is -2.10. The first-order valence-corrected chi connectivity index (χ1v) is 10.3. The van der Waals surface area contributed by atoms with Crippen LogP contribution in [0.25, 0.3) is 10.8 Å². The van der Waals surface area contributed by atoms with Gasteiger partial charge in [0.1, 0.15) is 0 Å². The van der Waals surface area contributed by atoms with Crippen molar-refractivity contribution in [3.8, 4) is 11.5 Å². The van der Waals surface area contributed by atoms with Crippen molar-refractivity contribution in [3.05, 3.63) is 67.7 Å². The van der Waals surface area contributed by atoms with Crippen molar-refractivity contribution in [1.82, 2.24) is 5.43 Å². The molecular weight excluding hydrogens is 535 g/mol. The van der Waals surface area contributed by atoms with Gasteiger partial charge >= 0.3 is 0 Å². The van der Waals surface area contributed by atoms with E-state index in [4.69, 9.17) is 9.47 Å². The van der Waals surface area contributed by atoms with Gasteiger partial charge in [0.25, 0.3) is 0 Å². The molecule has 1 amide bonds. The minimum atomic E-state index is -0.182. The number of ether oxygens (including phenoxy) is 2. The number of hydrogen-bond acceptors (Lipinski definition) is 4. The van der Waals surface area contributed by atoms with Gasteiger partial charge in [0, 0.05) is 4.47 Å². The maximum absolute atomic E-state index is 12.3. The van der Waals surface area contributed by atoms with Gasteiger partial charge in [-0.2, -0.15) is 5.10 Å². The van der Waals surface area contributed by atoms with Crippen LogP contribution in [0.3, 0.4) is 0 Å². The van der Waals surface area contributed by atoms with Crippen molar-refractivity contribution in [2.75, 3.05) is 14.2 Å². The molecule has 0 bridgehead atoms. The molecule has 28 heavy (non-hydrogen) atoms. The number of rotatable bonds is 6. The molecule has 0 saturated carbocycles. The summed E-state index contributed by atoms with van der Waals surface area (Å²) >= 11 is 5.72. The normalized spacial score (nSPS) is 11.0. The minimum absolute atomic E-state index is 0.182. The Kier molecular flexibility index (Phi) is 6.90. The number of carbonyl (C=O) groups excluding carboxylic acids is 1. The lowest BCUT2D eigenvalue weighted by molar-refractivity contribution is -0.120. The summed E-state index contributed by atoms with van der Waals surface area (Å²) in [6.45, 7) is 0. The van der Waals surface area contributed by atoms with Gasteiger partial charge in [0.2, 0.25) is 5.91 Å². The van der Waals surface area contributed by atoms with Gasteiger partial charge in [-0.25, -0.2) is 5.43 Å². The van der Waals surface area contributed by atoms with Crippen LogP contribution in [0, 0.1) is 3.57 Å². The van der Waals surface area contributed by atoms with Crippen LogP contribution < -0.4 is 14.9 Å². The Balaban J connectivity index is 1.72. The highest BCUT2D eigenvalue weighted by Gasteiger charge is 2.10. The molecule has 7 heteroatoms. The molecule has 3 aromatic rings. The van der Waals surface area contributed by atoms with Crippen LogP contribution in [0.5, 0.6) is 11.5 Å². The third-order valence-corrected chi connectivity index (χ3v) is 5.66. The SMILES string of the molecule is COc1cc(C=NNC(=O)Cc2ccc(Br)c3ccccc23)cc(I)c1OC. The van der Waals surface area contributed by atoms with Gasteiger partial charge in [-0.1, -0.05) is 46.3 Å². The van der Waals surface area contributed by atoms with E-state index < -0.39 is 0 Å². The fourth-order valence-electron chi connectivity index (χ4n) is 2.88. The van der Waals surface area contributed by atoms with Gasteiger partial charge in [-0.3, -0.25) is 4.79 Å². The number of hydrogen-bond donors (Lipinski definition) is 1. The van der Waals surface area contributed by atoms with Crippen molar-refractivity contribution in [2.45, 2.75) is 6.42 Å². The number of hydrazone groups is 1. The van der Waals surface area contributed by atoms with Crippen LogP contribution in [-0.4, -0.2) is 26.3 Å². The molecule has 0 radical (unpaired) electrons. The van der Waals surface area contributed by atoms with E-state index >= 15 is 0 Å². The molecular formula is C21H18BrIN2O3. The second-order valence-electron chi connectivity index (χ2n) is 5.96. The van der Waals surface area contributed by atoms with Gasteiger partial charge < -0.3 is 9.47 Å². The van der Waals surface area contributed by atoms with Crippen LogP contribution in [0.4, 0.5) is 0 Å². The zero-order valence-corrected chi connectivity index (χ0v) is 19.1. The highest BCUT2D eigenvalue weighted by Crippen LogP contribution is 2.33. The maximum Gasteiger partial charge on any atom is 0.244 e. The van der Waals surface area contributed by atoms with E-state index in [1.165, 1.54) is 0 Å². The smallest absolute Gasteiger partial charge is 0.244 e. The molecule has 144 valence electrons. The summed E-state index contributed by atoms with van der Waals surface area (Å²) in [5.74, 6) is 1.11. The van der Waals surface area contributed by atoms with Gasteiger partial charge in [0.15, 0.2) is 11.5 Å². The summed E-state index contributed by atoms with van der Waals surface area (Å²) in [6.07, 6.45) is 1.83. The number of halogens is 2. The van der Waals surface area contributed by atoms with E-state index in [2.05, 4.69) is 49.0 Å². The molecule has 0 aliphatic carbocycles. The maximum atomic E-state index is 12.3. The molecule has 0 atom stereocenters. The van der Waals surface area contributed by atoms with E-state index in [9.17, 15) is 4.79 Å². The first-order valence-electron chi connectivity index (χ1n) is 8.43. The van der Waals surface area contributed by atoms with Crippen LogP contribution in [0.1, 0.15) is 11.1 Å². The average molecular weight is 553 g/mol. The van der Waals surface area contributed by atoms with Gasteiger partial charge in [-0.15, -0.1) is 0 Å². The van der Waals surface area contributed by atoms with Crippen LogP contribution in [-0.2, 0) is 11.2 Å². The lowest BCUT2D eigenvalue weighted by Crippen LogP contribution is -2.20. The standard InChI is InChI=1S/C21H18BrIN2O3/c1-27-19-10-13(9-18(23)21(19)28-2)12-24-25-20(26)11-14-7-8-17(22)16-6-4-3-5-15(14)16/h3-10,12H,11H2,1-2H3,(H,25,26). The Hall–Kier alpha value is -2.13. The summed E-state index contributed by atoms with van der Waals surface area (Å²) in [5.41, 5.74) is 4.34. The Morgan fingerprint density at radius 2 is 1.89 bits per heavy atom. The van der Waals surface area contributed by atoms with Crippen molar-refractivity contribution < 1.29 is 14.3 Å². The molecule has 0 fully saturated rings. The predicted octanol–water partition coefficient (Wildman–Crippen LogP) is 4.92. The number of amides is 1. The fourth-order valence-corrected chi connectivity index (χ4v) is 4.21. The number of fused-ring (bicyclic) bond motifs is 1. The molecule has 5 nitrogen and oxygen atoms in total. The highest BCUT2D eigenvalue weighted by atomic mass is 127. The number of carbonyl (C=O) groups is 1.